The summed E-state index contributed by atoms with van der Waals surface area (Å²) in [7, 11) is 0. The summed E-state index contributed by atoms with van der Waals surface area (Å²) in [5.74, 6) is -0.269. The molecule has 0 saturated carbocycles. The van der Waals surface area contributed by atoms with Crippen molar-refractivity contribution in [3.05, 3.63) is 45.0 Å². The van der Waals surface area contributed by atoms with Gasteiger partial charge in [-0.25, -0.2) is 0 Å². The summed E-state index contributed by atoms with van der Waals surface area (Å²) >= 11 is 3.30. The van der Waals surface area contributed by atoms with Crippen molar-refractivity contribution in [1.82, 2.24) is 15.0 Å². The lowest BCUT2D eigenvalue weighted by molar-refractivity contribution is -0.389. The van der Waals surface area contributed by atoms with Crippen molar-refractivity contribution in [3.8, 4) is 5.69 Å². The normalized spacial score (nSPS) is 10.2. The molecule has 0 spiro atoms. The van der Waals surface area contributed by atoms with Crippen molar-refractivity contribution in [2.24, 2.45) is 0 Å². The van der Waals surface area contributed by atoms with Crippen LogP contribution in [-0.2, 0) is 0 Å². The van der Waals surface area contributed by atoms with Crippen molar-refractivity contribution in [1.29, 1.82) is 0 Å². The number of hydrogen-bond acceptors (Lipinski definition) is 4. The predicted molar refractivity (Wildman–Crippen MR) is 55.7 cm³/mol. The topological polar surface area (TPSA) is 73.8 Å². The van der Waals surface area contributed by atoms with E-state index in [4.69, 9.17) is 0 Å². The second-order valence-corrected chi connectivity index (χ2v) is 3.67. The van der Waals surface area contributed by atoms with Crippen LogP contribution in [0.2, 0.25) is 0 Å². The average molecular weight is 269 g/mol. The van der Waals surface area contributed by atoms with E-state index >= 15 is 0 Å². The van der Waals surface area contributed by atoms with Crippen LogP contribution >= 0.6 is 15.9 Å². The minimum atomic E-state index is -0.582. The summed E-state index contributed by atoms with van der Waals surface area (Å²) in [5, 5.41) is 17.5. The highest BCUT2D eigenvalue weighted by Gasteiger charge is 2.12. The first kappa shape index (κ1) is 9.78. The Balaban J connectivity index is 2.41. The van der Waals surface area contributed by atoms with Gasteiger partial charge in [0.15, 0.2) is 0 Å². The van der Waals surface area contributed by atoms with Crippen molar-refractivity contribution < 1.29 is 4.92 Å². The number of nitro groups is 1. The molecule has 0 N–H and O–H groups in total. The molecule has 0 aliphatic carbocycles. The number of nitrogens with zero attached hydrogens (tertiary/aromatic N) is 4. The molecule has 2 rings (SSSR count). The monoisotopic (exact) mass is 268 g/mol. The van der Waals surface area contributed by atoms with Crippen molar-refractivity contribution in [2.45, 2.75) is 0 Å². The first-order valence-electron chi connectivity index (χ1n) is 3.99. The molecule has 2 aromatic rings. The molecule has 0 radical (unpaired) electrons. The molecule has 0 amide bonds. The lowest BCUT2D eigenvalue weighted by Crippen LogP contribution is -1.94. The van der Waals surface area contributed by atoms with Gasteiger partial charge in [0.05, 0.1) is 10.9 Å². The Morgan fingerprint density at radius 3 is 2.87 bits per heavy atom. The fourth-order valence-corrected chi connectivity index (χ4v) is 1.47. The third-order valence-corrected chi connectivity index (χ3v) is 2.23. The van der Waals surface area contributed by atoms with E-state index in [0.717, 1.165) is 4.47 Å². The van der Waals surface area contributed by atoms with E-state index in [-0.39, 0.29) is 5.82 Å². The summed E-state index contributed by atoms with van der Waals surface area (Å²) in [6, 6.07) is 7.24. The van der Waals surface area contributed by atoms with Gasteiger partial charge in [0.25, 0.3) is 0 Å². The number of halogens is 1. The molecule has 0 unspecified atom stereocenters. The Labute approximate surface area is 92.8 Å². The van der Waals surface area contributed by atoms with Gasteiger partial charge >= 0.3 is 5.82 Å². The Morgan fingerprint density at radius 1 is 1.47 bits per heavy atom. The maximum atomic E-state index is 10.4. The van der Waals surface area contributed by atoms with Crippen molar-refractivity contribution in [3.63, 3.8) is 0 Å². The van der Waals surface area contributed by atoms with E-state index in [1.54, 1.807) is 12.1 Å². The molecule has 76 valence electrons. The molecule has 7 heteroatoms. The molecule has 0 fully saturated rings. The molecule has 0 aliphatic rings. The van der Waals surface area contributed by atoms with Crippen LogP contribution < -0.4 is 0 Å². The van der Waals surface area contributed by atoms with Crippen molar-refractivity contribution in [2.75, 3.05) is 0 Å². The summed E-state index contributed by atoms with van der Waals surface area (Å²) in [5.41, 5.74) is 0.713. The second kappa shape index (κ2) is 3.77. The Bertz CT molecular complexity index is 511. The van der Waals surface area contributed by atoms with Gasteiger partial charge in [-0.2, -0.15) is 4.68 Å². The van der Waals surface area contributed by atoms with Crippen LogP contribution in [0.3, 0.4) is 0 Å². The summed E-state index contributed by atoms with van der Waals surface area (Å²) in [6.07, 6.45) is 1.27. The van der Waals surface area contributed by atoms with E-state index in [9.17, 15) is 10.1 Å². The molecule has 0 aliphatic heterocycles. The number of rotatable bonds is 2. The summed E-state index contributed by atoms with van der Waals surface area (Å²) in [4.78, 5) is 9.81. The van der Waals surface area contributed by atoms with Crippen LogP contribution in [0.15, 0.2) is 34.9 Å². The third-order valence-electron chi connectivity index (χ3n) is 1.74. The van der Waals surface area contributed by atoms with Crippen LogP contribution in [0.25, 0.3) is 5.69 Å². The first-order chi connectivity index (χ1) is 7.16. The molecular weight excluding hydrogens is 264 g/mol. The molecular formula is C8H5BrN4O2. The van der Waals surface area contributed by atoms with Crippen LogP contribution in [0.1, 0.15) is 0 Å². The van der Waals surface area contributed by atoms with Gasteiger partial charge in [0, 0.05) is 4.47 Å². The van der Waals surface area contributed by atoms with E-state index in [1.807, 2.05) is 12.1 Å². The lowest BCUT2D eigenvalue weighted by Gasteiger charge is -1.97. The molecule has 1 aromatic heterocycles. The first-order valence-corrected chi connectivity index (χ1v) is 4.79. The predicted octanol–water partition coefficient (Wildman–Crippen LogP) is 1.94. The smallest absolute Gasteiger partial charge is 0.358 e. The highest BCUT2D eigenvalue weighted by molar-refractivity contribution is 9.10. The fraction of sp³-hybridized carbons (Fsp3) is 0. The van der Waals surface area contributed by atoms with Crippen LogP contribution in [0, 0.1) is 10.1 Å². The average Bonchev–Trinajstić information content (AvgIpc) is 2.66. The quantitative estimate of drug-likeness (QED) is 0.616. The molecule has 15 heavy (non-hydrogen) atoms. The third kappa shape index (κ3) is 2.01. The molecule has 0 bridgehead atoms. The van der Waals surface area contributed by atoms with E-state index in [2.05, 4.69) is 26.2 Å². The van der Waals surface area contributed by atoms with Gasteiger partial charge in [-0.1, -0.05) is 22.0 Å². The highest BCUT2D eigenvalue weighted by Crippen LogP contribution is 2.15. The number of benzene rings is 1. The SMILES string of the molecule is O=[N+]([O-])c1cn(-c2cccc(Br)c2)nn1. The highest BCUT2D eigenvalue weighted by atomic mass is 79.9. The van der Waals surface area contributed by atoms with Crippen LogP contribution in [0.5, 0.6) is 0 Å². The lowest BCUT2D eigenvalue weighted by atomic mass is 10.3. The van der Waals surface area contributed by atoms with Gasteiger partial charge in [-0.3, -0.25) is 0 Å². The van der Waals surface area contributed by atoms with Gasteiger partial charge in [0.1, 0.15) is 11.3 Å². The van der Waals surface area contributed by atoms with Gasteiger partial charge in [-0.05, 0) is 23.1 Å². The number of aromatic nitrogens is 3. The second-order valence-electron chi connectivity index (χ2n) is 2.76. The maximum Gasteiger partial charge on any atom is 0.410 e. The molecule has 1 aromatic carbocycles. The molecule has 0 saturated heterocycles. The minimum absolute atomic E-state index is 0.269. The van der Waals surface area contributed by atoms with E-state index in [1.165, 1.54) is 10.9 Å². The Kier molecular flexibility index (Phi) is 2.46. The van der Waals surface area contributed by atoms with E-state index < -0.39 is 4.92 Å². The minimum Gasteiger partial charge on any atom is -0.358 e. The summed E-state index contributed by atoms with van der Waals surface area (Å²) < 4.78 is 2.22. The van der Waals surface area contributed by atoms with Gasteiger partial charge in [0.2, 0.25) is 0 Å². The summed E-state index contributed by atoms with van der Waals surface area (Å²) in [6.45, 7) is 0. The molecule has 0 atom stereocenters. The van der Waals surface area contributed by atoms with Crippen LogP contribution in [0.4, 0.5) is 5.82 Å². The standard InChI is InChI=1S/C8H5BrN4O2/c9-6-2-1-3-7(4-6)12-5-8(10-11-12)13(14)15/h1-5H. The maximum absolute atomic E-state index is 10.4. The zero-order valence-corrected chi connectivity index (χ0v) is 8.96. The molecule has 6 nitrogen and oxygen atoms in total. The molecule has 1 heterocycles. The zero-order valence-electron chi connectivity index (χ0n) is 7.37. The largest absolute Gasteiger partial charge is 0.410 e. The van der Waals surface area contributed by atoms with Crippen molar-refractivity contribution >= 4 is 21.7 Å². The Morgan fingerprint density at radius 2 is 2.27 bits per heavy atom. The van der Waals surface area contributed by atoms with Crippen LogP contribution in [-0.4, -0.2) is 19.9 Å². The van der Waals surface area contributed by atoms with E-state index in [0.29, 0.717) is 5.69 Å². The Hall–Kier alpha value is -1.76. The number of hydrogen-bond donors (Lipinski definition) is 0. The zero-order chi connectivity index (χ0) is 10.8. The van der Waals surface area contributed by atoms with Gasteiger partial charge < -0.3 is 10.1 Å². The van der Waals surface area contributed by atoms with Gasteiger partial charge in [-0.15, -0.1) is 0 Å². The fourth-order valence-electron chi connectivity index (χ4n) is 1.08.